The van der Waals surface area contributed by atoms with Gasteiger partial charge in [0.25, 0.3) is 0 Å². The Labute approximate surface area is 150 Å². The Bertz CT molecular complexity index is 687. The molecule has 2 aromatic carbocycles. The summed E-state index contributed by atoms with van der Waals surface area (Å²) in [5, 5.41) is 3.41. The van der Waals surface area contributed by atoms with E-state index in [1.807, 2.05) is 25.2 Å². The molecule has 0 saturated heterocycles. The van der Waals surface area contributed by atoms with Gasteiger partial charge in [-0.25, -0.2) is 0 Å². The third kappa shape index (κ3) is 5.41. The highest BCUT2D eigenvalue weighted by Gasteiger charge is 2.07. The zero-order chi connectivity index (χ0) is 18.1. The van der Waals surface area contributed by atoms with Crippen LogP contribution in [0.4, 0.5) is 0 Å². The molecular formula is C20H27N3O2. The maximum absolute atomic E-state index is 5.35. The normalized spacial score (nSPS) is 11.1. The Morgan fingerprint density at radius 2 is 1.72 bits per heavy atom. The molecule has 0 unspecified atom stereocenters. The molecule has 0 bridgehead atoms. The molecule has 0 fully saturated rings. The predicted octanol–water partition coefficient (Wildman–Crippen LogP) is 2.95. The average Bonchev–Trinajstić information content (AvgIpc) is 2.65. The van der Waals surface area contributed by atoms with Gasteiger partial charge in [0.2, 0.25) is 0 Å². The highest BCUT2D eigenvalue weighted by atomic mass is 16.5. The molecule has 1 N–H and O–H groups in total. The minimum Gasteiger partial charge on any atom is -0.493 e. The van der Waals surface area contributed by atoms with Gasteiger partial charge in [0.15, 0.2) is 17.5 Å². The topological polar surface area (TPSA) is 46.1 Å². The van der Waals surface area contributed by atoms with Gasteiger partial charge in [0.1, 0.15) is 0 Å². The van der Waals surface area contributed by atoms with Crippen LogP contribution in [0, 0.1) is 0 Å². The second-order valence-electron chi connectivity index (χ2n) is 5.75. The Morgan fingerprint density at radius 1 is 1.00 bits per heavy atom. The summed E-state index contributed by atoms with van der Waals surface area (Å²) in [6.07, 6.45) is 0.874. The molecular weight excluding hydrogens is 314 g/mol. The summed E-state index contributed by atoms with van der Waals surface area (Å²) in [6, 6.07) is 16.4. The lowest BCUT2D eigenvalue weighted by Gasteiger charge is -2.22. The second-order valence-corrected chi connectivity index (χ2v) is 5.75. The molecule has 0 spiro atoms. The number of hydrogen-bond donors (Lipinski definition) is 1. The maximum atomic E-state index is 5.35. The number of nitrogens with zero attached hydrogens (tertiary/aromatic N) is 2. The fraction of sp³-hybridized carbons (Fsp3) is 0.350. The van der Waals surface area contributed by atoms with Crippen LogP contribution in [0.2, 0.25) is 0 Å². The summed E-state index contributed by atoms with van der Waals surface area (Å²) in [7, 11) is 7.14. The number of benzene rings is 2. The summed E-state index contributed by atoms with van der Waals surface area (Å²) in [6.45, 7) is 1.61. The standard InChI is InChI=1S/C20H27N3O2/c1-21-20(23(2)15-17-8-6-5-7-9-17)22-13-12-16-10-11-18(24-3)19(14-16)25-4/h5-11,14H,12-13,15H2,1-4H3,(H,21,22). The molecule has 0 aliphatic heterocycles. The van der Waals surface area contributed by atoms with Crippen LogP contribution in [0.5, 0.6) is 11.5 Å². The first-order chi connectivity index (χ1) is 12.2. The van der Waals surface area contributed by atoms with Crippen molar-refractivity contribution in [3.05, 3.63) is 59.7 Å². The van der Waals surface area contributed by atoms with Crippen LogP contribution >= 0.6 is 0 Å². The van der Waals surface area contributed by atoms with Gasteiger partial charge < -0.3 is 19.7 Å². The summed E-state index contributed by atoms with van der Waals surface area (Å²) in [4.78, 5) is 6.48. The highest BCUT2D eigenvalue weighted by Crippen LogP contribution is 2.27. The Kier molecular flexibility index (Phi) is 7.14. The van der Waals surface area contributed by atoms with Gasteiger partial charge >= 0.3 is 0 Å². The van der Waals surface area contributed by atoms with Crippen LogP contribution in [-0.2, 0) is 13.0 Å². The molecule has 0 heterocycles. The average molecular weight is 341 g/mol. The summed E-state index contributed by atoms with van der Waals surface area (Å²) in [5.41, 5.74) is 2.44. The molecule has 0 amide bonds. The van der Waals surface area contributed by atoms with Gasteiger partial charge in [-0.2, -0.15) is 0 Å². The fourth-order valence-electron chi connectivity index (χ4n) is 2.67. The van der Waals surface area contributed by atoms with E-state index in [1.54, 1.807) is 21.3 Å². The zero-order valence-electron chi connectivity index (χ0n) is 15.5. The molecule has 0 aromatic heterocycles. The Balaban J connectivity index is 1.88. The van der Waals surface area contributed by atoms with Crippen molar-refractivity contribution in [2.24, 2.45) is 4.99 Å². The quantitative estimate of drug-likeness (QED) is 0.621. The smallest absolute Gasteiger partial charge is 0.193 e. The van der Waals surface area contributed by atoms with Crippen molar-refractivity contribution in [3.8, 4) is 11.5 Å². The summed E-state index contributed by atoms with van der Waals surface area (Å²) >= 11 is 0. The number of aliphatic imine (C=N–C) groups is 1. The first kappa shape index (κ1) is 18.6. The number of hydrogen-bond acceptors (Lipinski definition) is 3. The molecule has 2 aromatic rings. The maximum Gasteiger partial charge on any atom is 0.193 e. The molecule has 0 saturated carbocycles. The van der Waals surface area contributed by atoms with E-state index < -0.39 is 0 Å². The van der Waals surface area contributed by atoms with Crippen LogP contribution in [0.3, 0.4) is 0 Å². The van der Waals surface area contributed by atoms with Crippen molar-refractivity contribution in [1.82, 2.24) is 10.2 Å². The SMILES string of the molecule is CN=C(NCCc1ccc(OC)c(OC)c1)N(C)Cc1ccccc1. The monoisotopic (exact) mass is 341 g/mol. The number of ether oxygens (including phenoxy) is 2. The van der Waals surface area contributed by atoms with E-state index in [1.165, 1.54) is 11.1 Å². The van der Waals surface area contributed by atoms with Crippen LogP contribution in [-0.4, -0.2) is 45.7 Å². The van der Waals surface area contributed by atoms with Gasteiger partial charge in [-0.1, -0.05) is 36.4 Å². The molecule has 5 heteroatoms. The summed E-state index contributed by atoms with van der Waals surface area (Å²) < 4.78 is 10.6. The van der Waals surface area contributed by atoms with Crippen molar-refractivity contribution in [3.63, 3.8) is 0 Å². The summed E-state index contributed by atoms with van der Waals surface area (Å²) in [5.74, 6) is 2.38. The lowest BCUT2D eigenvalue weighted by Crippen LogP contribution is -2.39. The van der Waals surface area contributed by atoms with E-state index in [0.717, 1.165) is 37.0 Å². The molecule has 5 nitrogen and oxygen atoms in total. The van der Waals surface area contributed by atoms with Crippen molar-refractivity contribution in [1.29, 1.82) is 0 Å². The fourth-order valence-corrected chi connectivity index (χ4v) is 2.67. The first-order valence-electron chi connectivity index (χ1n) is 8.34. The zero-order valence-corrected chi connectivity index (χ0v) is 15.5. The third-order valence-electron chi connectivity index (χ3n) is 3.98. The van der Waals surface area contributed by atoms with Gasteiger partial charge in [-0.15, -0.1) is 0 Å². The number of rotatable bonds is 7. The van der Waals surface area contributed by atoms with E-state index in [0.29, 0.717) is 0 Å². The van der Waals surface area contributed by atoms with Crippen molar-refractivity contribution >= 4 is 5.96 Å². The van der Waals surface area contributed by atoms with Crippen LogP contribution < -0.4 is 14.8 Å². The van der Waals surface area contributed by atoms with Gasteiger partial charge in [0.05, 0.1) is 14.2 Å². The van der Waals surface area contributed by atoms with Gasteiger partial charge in [0, 0.05) is 27.2 Å². The Morgan fingerprint density at radius 3 is 2.36 bits per heavy atom. The predicted molar refractivity (Wildman–Crippen MR) is 103 cm³/mol. The minimum absolute atomic E-state index is 0.748. The van der Waals surface area contributed by atoms with Gasteiger partial charge in [-0.05, 0) is 29.7 Å². The first-order valence-corrected chi connectivity index (χ1v) is 8.34. The largest absolute Gasteiger partial charge is 0.493 e. The number of methoxy groups -OCH3 is 2. The van der Waals surface area contributed by atoms with E-state index in [9.17, 15) is 0 Å². The highest BCUT2D eigenvalue weighted by molar-refractivity contribution is 5.79. The van der Waals surface area contributed by atoms with Crippen molar-refractivity contribution in [2.45, 2.75) is 13.0 Å². The lowest BCUT2D eigenvalue weighted by molar-refractivity contribution is 0.354. The van der Waals surface area contributed by atoms with Crippen molar-refractivity contribution < 1.29 is 9.47 Å². The van der Waals surface area contributed by atoms with Crippen molar-refractivity contribution in [2.75, 3.05) is 34.9 Å². The molecule has 134 valence electrons. The molecule has 2 rings (SSSR count). The van der Waals surface area contributed by atoms with Crippen LogP contribution in [0.1, 0.15) is 11.1 Å². The van der Waals surface area contributed by atoms with E-state index >= 15 is 0 Å². The molecule has 0 aliphatic rings. The van der Waals surface area contributed by atoms with Gasteiger partial charge in [-0.3, -0.25) is 4.99 Å². The van der Waals surface area contributed by atoms with Crippen LogP contribution in [0.15, 0.2) is 53.5 Å². The Hall–Kier alpha value is -2.69. The third-order valence-corrected chi connectivity index (χ3v) is 3.98. The molecule has 0 atom stereocenters. The number of guanidine groups is 1. The van der Waals surface area contributed by atoms with E-state index in [-0.39, 0.29) is 0 Å². The molecule has 0 radical (unpaired) electrons. The van der Waals surface area contributed by atoms with Crippen LogP contribution in [0.25, 0.3) is 0 Å². The number of nitrogens with one attached hydrogen (secondary N) is 1. The molecule has 0 aliphatic carbocycles. The van der Waals surface area contributed by atoms with E-state index in [2.05, 4.69) is 45.5 Å². The minimum atomic E-state index is 0.748. The molecule has 25 heavy (non-hydrogen) atoms. The lowest BCUT2D eigenvalue weighted by atomic mass is 10.1. The second kappa shape index (κ2) is 9.57. The van der Waals surface area contributed by atoms with E-state index in [4.69, 9.17) is 9.47 Å².